The minimum Gasteiger partial charge on any atom is -0.493 e. The van der Waals surface area contributed by atoms with Gasteiger partial charge in [0.15, 0.2) is 18.1 Å². The van der Waals surface area contributed by atoms with Crippen LogP contribution in [0.3, 0.4) is 0 Å². The number of carbonyl (C=O) groups excluding carboxylic acids is 1. The van der Waals surface area contributed by atoms with Crippen LogP contribution in [-0.2, 0) is 11.3 Å². The summed E-state index contributed by atoms with van der Waals surface area (Å²) in [5.74, 6) is 0.752. The number of hydrogen-bond acceptors (Lipinski definition) is 4. The maximum atomic E-state index is 12.1. The molecule has 150 valence electrons. The summed E-state index contributed by atoms with van der Waals surface area (Å²) in [6.45, 7) is 0.424. The number of hydrogen-bond donors (Lipinski definition) is 2. The van der Waals surface area contributed by atoms with E-state index in [-0.39, 0.29) is 12.5 Å². The Morgan fingerprint density at radius 3 is 2.45 bits per heavy atom. The van der Waals surface area contributed by atoms with Gasteiger partial charge in [-0.25, -0.2) is 0 Å². The van der Waals surface area contributed by atoms with Gasteiger partial charge in [0.2, 0.25) is 0 Å². The summed E-state index contributed by atoms with van der Waals surface area (Å²) in [5, 5.41) is 7.29. The van der Waals surface area contributed by atoms with Crippen LogP contribution in [0.2, 0.25) is 10.0 Å². The Morgan fingerprint density at radius 1 is 0.966 bits per heavy atom. The highest BCUT2D eigenvalue weighted by Gasteiger charge is 2.10. The quantitative estimate of drug-likeness (QED) is 0.485. The van der Waals surface area contributed by atoms with Crippen LogP contribution in [0.4, 0.5) is 11.4 Å². The summed E-state index contributed by atoms with van der Waals surface area (Å²) in [4.78, 5) is 12.1. The molecular formula is C22H20Cl2N2O3. The molecule has 0 heterocycles. The van der Waals surface area contributed by atoms with Crippen LogP contribution in [-0.4, -0.2) is 19.6 Å². The molecule has 2 N–H and O–H groups in total. The molecule has 0 aliphatic heterocycles. The Morgan fingerprint density at radius 2 is 1.72 bits per heavy atom. The largest absolute Gasteiger partial charge is 0.493 e. The van der Waals surface area contributed by atoms with E-state index < -0.39 is 0 Å². The van der Waals surface area contributed by atoms with E-state index in [1.807, 2.05) is 36.4 Å². The van der Waals surface area contributed by atoms with Crippen molar-refractivity contribution in [3.05, 3.63) is 82.3 Å². The molecule has 3 aromatic rings. The standard InChI is InChI=1S/C22H20Cl2N2O3/c1-28-21-12-15(13-25-19-5-3-2-4-18(19)24)6-11-20(21)29-14-22(27)26-17-9-7-16(23)8-10-17/h2-12,25H,13-14H2,1H3,(H,26,27). The van der Waals surface area contributed by atoms with Crippen molar-refractivity contribution in [3.8, 4) is 11.5 Å². The first-order valence-corrected chi connectivity index (χ1v) is 9.64. The van der Waals surface area contributed by atoms with E-state index in [4.69, 9.17) is 32.7 Å². The van der Waals surface area contributed by atoms with E-state index in [1.165, 1.54) is 0 Å². The summed E-state index contributed by atoms with van der Waals surface area (Å²) < 4.78 is 11.0. The van der Waals surface area contributed by atoms with Crippen LogP contribution >= 0.6 is 23.2 Å². The van der Waals surface area contributed by atoms with Gasteiger partial charge in [-0.2, -0.15) is 0 Å². The zero-order valence-corrected chi connectivity index (χ0v) is 17.3. The minimum absolute atomic E-state index is 0.143. The molecule has 1 amide bonds. The second kappa shape index (κ2) is 10.0. The van der Waals surface area contributed by atoms with E-state index in [9.17, 15) is 4.79 Å². The molecule has 0 aromatic heterocycles. The number of nitrogens with one attached hydrogen (secondary N) is 2. The monoisotopic (exact) mass is 430 g/mol. The van der Waals surface area contributed by atoms with Crippen LogP contribution in [0.1, 0.15) is 5.56 Å². The van der Waals surface area contributed by atoms with Gasteiger partial charge >= 0.3 is 0 Å². The summed E-state index contributed by atoms with van der Waals surface area (Å²) in [6.07, 6.45) is 0. The molecule has 0 aliphatic carbocycles. The maximum Gasteiger partial charge on any atom is 0.262 e. The van der Waals surface area contributed by atoms with Crippen molar-refractivity contribution in [2.24, 2.45) is 0 Å². The van der Waals surface area contributed by atoms with E-state index in [0.29, 0.717) is 33.8 Å². The molecule has 0 bridgehead atoms. The Hall–Kier alpha value is -2.89. The van der Waals surface area contributed by atoms with Gasteiger partial charge in [-0.15, -0.1) is 0 Å². The zero-order chi connectivity index (χ0) is 20.6. The molecule has 0 saturated carbocycles. The highest BCUT2D eigenvalue weighted by atomic mass is 35.5. The van der Waals surface area contributed by atoms with Gasteiger partial charge in [0, 0.05) is 17.3 Å². The third-order valence-corrected chi connectivity index (χ3v) is 4.65. The number of para-hydroxylation sites is 1. The Labute approximate surface area is 179 Å². The number of benzene rings is 3. The predicted octanol–water partition coefficient (Wildman–Crippen LogP) is 5.63. The molecular weight excluding hydrogens is 411 g/mol. The fourth-order valence-electron chi connectivity index (χ4n) is 2.62. The first kappa shape index (κ1) is 20.8. The average Bonchev–Trinajstić information content (AvgIpc) is 2.73. The fraction of sp³-hybridized carbons (Fsp3) is 0.136. The Balaban J connectivity index is 1.57. The molecule has 0 radical (unpaired) electrons. The summed E-state index contributed by atoms with van der Waals surface area (Å²) in [6, 6.07) is 19.9. The van der Waals surface area contributed by atoms with Crippen molar-refractivity contribution >= 4 is 40.5 Å². The SMILES string of the molecule is COc1cc(CNc2ccccc2Cl)ccc1OCC(=O)Nc1ccc(Cl)cc1. The smallest absolute Gasteiger partial charge is 0.262 e. The van der Waals surface area contributed by atoms with Crippen molar-refractivity contribution < 1.29 is 14.3 Å². The normalized spacial score (nSPS) is 10.3. The second-order valence-electron chi connectivity index (χ2n) is 6.16. The van der Waals surface area contributed by atoms with Crippen LogP contribution in [0.5, 0.6) is 11.5 Å². The molecule has 29 heavy (non-hydrogen) atoms. The van der Waals surface area contributed by atoms with Crippen LogP contribution in [0.15, 0.2) is 66.7 Å². The van der Waals surface area contributed by atoms with Gasteiger partial charge in [-0.3, -0.25) is 4.79 Å². The molecule has 0 saturated heterocycles. The van der Waals surface area contributed by atoms with Gasteiger partial charge in [0.25, 0.3) is 5.91 Å². The number of anilines is 2. The first-order chi connectivity index (χ1) is 14.0. The number of amides is 1. The maximum absolute atomic E-state index is 12.1. The average molecular weight is 431 g/mol. The van der Waals surface area contributed by atoms with E-state index in [2.05, 4.69) is 10.6 Å². The lowest BCUT2D eigenvalue weighted by molar-refractivity contribution is -0.118. The van der Waals surface area contributed by atoms with Crippen molar-refractivity contribution in [3.63, 3.8) is 0 Å². The zero-order valence-electron chi connectivity index (χ0n) is 15.7. The van der Waals surface area contributed by atoms with Gasteiger partial charge in [-0.1, -0.05) is 41.4 Å². The molecule has 0 atom stereocenters. The Bertz CT molecular complexity index is 978. The molecule has 0 spiro atoms. The van der Waals surface area contributed by atoms with Crippen molar-refractivity contribution in [1.82, 2.24) is 0 Å². The van der Waals surface area contributed by atoms with Gasteiger partial charge in [0.05, 0.1) is 17.8 Å². The van der Waals surface area contributed by atoms with Crippen LogP contribution in [0, 0.1) is 0 Å². The van der Waals surface area contributed by atoms with Crippen molar-refractivity contribution in [1.29, 1.82) is 0 Å². The van der Waals surface area contributed by atoms with E-state index in [1.54, 1.807) is 37.4 Å². The van der Waals surface area contributed by atoms with Gasteiger partial charge < -0.3 is 20.1 Å². The highest BCUT2D eigenvalue weighted by Crippen LogP contribution is 2.29. The van der Waals surface area contributed by atoms with Crippen molar-refractivity contribution in [2.45, 2.75) is 6.54 Å². The third kappa shape index (κ3) is 6.04. The fourth-order valence-corrected chi connectivity index (χ4v) is 2.95. The van der Waals surface area contributed by atoms with Crippen LogP contribution in [0.25, 0.3) is 0 Å². The minimum atomic E-state index is -0.279. The molecule has 5 nitrogen and oxygen atoms in total. The molecule has 0 fully saturated rings. The van der Waals surface area contributed by atoms with Crippen molar-refractivity contribution in [2.75, 3.05) is 24.4 Å². The highest BCUT2D eigenvalue weighted by molar-refractivity contribution is 6.33. The number of ether oxygens (including phenoxy) is 2. The lowest BCUT2D eigenvalue weighted by Gasteiger charge is -2.13. The van der Waals surface area contributed by atoms with Crippen LogP contribution < -0.4 is 20.1 Å². The van der Waals surface area contributed by atoms with E-state index in [0.717, 1.165) is 11.3 Å². The number of rotatable bonds is 8. The number of halogens is 2. The first-order valence-electron chi connectivity index (χ1n) is 8.88. The molecule has 0 aliphatic rings. The molecule has 3 aromatic carbocycles. The summed E-state index contributed by atoms with van der Waals surface area (Å²) in [7, 11) is 1.56. The van der Waals surface area contributed by atoms with Gasteiger partial charge in [0.1, 0.15) is 0 Å². The number of carbonyl (C=O) groups is 1. The topological polar surface area (TPSA) is 59.6 Å². The molecule has 7 heteroatoms. The summed E-state index contributed by atoms with van der Waals surface area (Å²) >= 11 is 12.0. The van der Waals surface area contributed by atoms with E-state index >= 15 is 0 Å². The lowest BCUT2D eigenvalue weighted by Crippen LogP contribution is -2.20. The van der Waals surface area contributed by atoms with Gasteiger partial charge in [-0.05, 0) is 54.1 Å². The summed E-state index contributed by atoms with van der Waals surface area (Å²) in [5.41, 5.74) is 2.49. The number of methoxy groups -OCH3 is 1. The lowest BCUT2D eigenvalue weighted by atomic mass is 10.2. The third-order valence-electron chi connectivity index (χ3n) is 4.07. The molecule has 0 unspecified atom stereocenters. The predicted molar refractivity (Wildman–Crippen MR) is 117 cm³/mol. The molecule has 3 rings (SSSR count). The second-order valence-corrected chi connectivity index (χ2v) is 7.01. The Kier molecular flexibility index (Phi) is 7.22.